The molecule has 15 heavy (non-hydrogen) atoms. The summed E-state index contributed by atoms with van der Waals surface area (Å²) in [5.41, 5.74) is 0.887. The van der Waals surface area contributed by atoms with Gasteiger partial charge < -0.3 is 4.74 Å². The number of rotatable bonds is 5. The van der Waals surface area contributed by atoms with Crippen LogP contribution in [-0.2, 0) is 11.3 Å². The Bertz CT molecular complexity index is 316. The second-order valence-corrected chi connectivity index (χ2v) is 4.98. The van der Waals surface area contributed by atoms with Gasteiger partial charge in [-0.05, 0) is 36.1 Å². The molecule has 3 heteroatoms. The molecule has 1 aliphatic rings. The fraction of sp³-hybridized carbons (Fsp3) is 0.500. The zero-order chi connectivity index (χ0) is 10.7. The summed E-state index contributed by atoms with van der Waals surface area (Å²) in [6.07, 6.45) is 3.86. The average Bonchev–Trinajstić information content (AvgIpc) is 2.94. The van der Waals surface area contributed by atoms with Crippen LogP contribution in [0.3, 0.4) is 0 Å². The van der Waals surface area contributed by atoms with E-state index in [1.165, 1.54) is 25.0 Å². The first kappa shape index (κ1) is 11.1. The molecule has 82 valence electrons. The second-order valence-electron chi connectivity index (χ2n) is 4.06. The van der Waals surface area contributed by atoms with Crippen LogP contribution in [0.15, 0.2) is 22.7 Å². The van der Waals surface area contributed by atoms with E-state index in [1.807, 2.05) is 6.07 Å². The van der Waals surface area contributed by atoms with E-state index < -0.39 is 0 Å². The molecule has 0 unspecified atom stereocenters. The topological polar surface area (TPSA) is 9.23 Å². The number of benzene rings is 1. The Labute approximate surface area is 97.8 Å². The van der Waals surface area contributed by atoms with Gasteiger partial charge in [-0.3, -0.25) is 0 Å². The van der Waals surface area contributed by atoms with Gasteiger partial charge in [-0.2, -0.15) is 0 Å². The highest BCUT2D eigenvalue weighted by atomic mass is 79.9. The number of ether oxygens (including phenoxy) is 1. The minimum Gasteiger partial charge on any atom is -0.377 e. The van der Waals surface area contributed by atoms with Crippen LogP contribution in [0.5, 0.6) is 0 Å². The molecule has 1 saturated carbocycles. The summed E-state index contributed by atoms with van der Waals surface area (Å²) >= 11 is 3.26. The lowest BCUT2D eigenvalue weighted by atomic mass is 10.2. The largest absolute Gasteiger partial charge is 0.377 e. The van der Waals surface area contributed by atoms with Crippen molar-refractivity contribution < 1.29 is 9.13 Å². The fourth-order valence-corrected chi connectivity index (χ4v) is 2.05. The van der Waals surface area contributed by atoms with Crippen molar-refractivity contribution in [1.82, 2.24) is 0 Å². The van der Waals surface area contributed by atoms with E-state index in [4.69, 9.17) is 4.74 Å². The van der Waals surface area contributed by atoms with Crippen molar-refractivity contribution in [2.24, 2.45) is 5.92 Å². The molecule has 0 N–H and O–H groups in total. The summed E-state index contributed by atoms with van der Waals surface area (Å²) in [7, 11) is 0. The van der Waals surface area contributed by atoms with E-state index >= 15 is 0 Å². The molecule has 0 radical (unpaired) electrons. The van der Waals surface area contributed by atoms with Gasteiger partial charge in [-0.1, -0.05) is 28.8 Å². The zero-order valence-corrected chi connectivity index (χ0v) is 10.1. The van der Waals surface area contributed by atoms with E-state index in [2.05, 4.69) is 15.9 Å². The van der Waals surface area contributed by atoms with Gasteiger partial charge >= 0.3 is 0 Å². The Morgan fingerprint density at radius 3 is 2.80 bits per heavy atom. The smallest absolute Gasteiger partial charge is 0.124 e. The second kappa shape index (κ2) is 5.08. The molecule has 0 aromatic heterocycles. The molecule has 0 aliphatic heterocycles. The Morgan fingerprint density at radius 1 is 1.33 bits per heavy atom. The highest BCUT2D eigenvalue weighted by Crippen LogP contribution is 2.32. The zero-order valence-electron chi connectivity index (χ0n) is 8.51. The number of hydrogen-bond acceptors (Lipinski definition) is 1. The Balaban J connectivity index is 1.76. The van der Waals surface area contributed by atoms with Gasteiger partial charge in [0.15, 0.2) is 0 Å². The molecule has 1 fully saturated rings. The predicted molar refractivity (Wildman–Crippen MR) is 61.1 cm³/mol. The van der Waals surface area contributed by atoms with E-state index in [-0.39, 0.29) is 5.82 Å². The van der Waals surface area contributed by atoms with Crippen LogP contribution >= 0.6 is 15.9 Å². The maximum atomic E-state index is 13.0. The maximum Gasteiger partial charge on any atom is 0.124 e. The van der Waals surface area contributed by atoms with E-state index in [0.717, 1.165) is 29.0 Å². The molecule has 0 spiro atoms. The van der Waals surface area contributed by atoms with Crippen molar-refractivity contribution in [3.8, 4) is 0 Å². The van der Waals surface area contributed by atoms with Crippen molar-refractivity contribution >= 4 is 15.9 Å². The average molecular weight is 273 g/mol. The molecule has 0 saturated heterocycles. The van der Waals surface area contributed by atoms with Gasteiger partial charge in [0.05, 0.1) is 6.61 Å². The monoisotopic (exact) mass is 272 g/mol. The summed E-state index contributed by atoms with van der Waals surface area (Å²) in [5, 5.41) is 0. The van der Waals surface area contributed by atoms with Gasteiger partial charge in [0.1, 0.15) is 5.82 Å². The molecule has 0 heterocycles. The first-order chi connectivity index (χ1) is 7.24. The van der Waals surface area contributed by atoms with Crippen LogP contribution in [0.4, 0.5) is 4.39 Å². The quantitative estimate of drug-likeness (QED) is 0.739. The van der Waals surface area contributed by atoms with Crippen molar-refractivity contribution in [1.29, 1.82) is 0 Å². The van der Waals surface area contributed by atoms with Crippen LogP contribution in [0.25, 0.3) is 0 Å². The van der Waals surface area contributed by atoms with Crippen molar-refractivity contribution in [2.45, 2.75) is 25.9 Å². The molecule has 1 aromatic carbocycles. The lowest BCUT2D eigenvalue weighted by Gasteiger charge is -2.04. The van der Waals surface area contributed by atoms with Gasteiger partial charge in [0.2, 0.25) is 0 Å². The lowest BCUT2D eigenvalue weighted by Crippen LogP contribution is -1.97. The Kier molecular flexibility index (Phi) is 3.76. The number of halogens is 2. The van der Waals surface area contributed by atoms with E-state index in [0.29, 0.717) is 6.61 Å². The van der Waals surface area contributed by atoms with Crippen LogP contribution in [0.1, 0.15) is 24.8 Å². The standard InChI is InChI=1S/C12H14BrFO/c13-11-5-10(6-12(14)7-11)8-15-4-3-9-1-2-9/h5-7,9H,1-4,8H2. The third-order valence-electron chi connectivity index (χ3n) is 2.56. The predicted octanol–water partition coefficient (Wildman–Crippen LogP) is 3.90. The Hall–Kier alpha value is -0.410. The van der Waals surface area contributed by atoms with Crippen molar-refractivity contribution in [3.63, 3.8) is 0 Å². The highest BCUT2D eigenvalue weighted by Gasteiger charge is 2.20. The van der Waals surface area contributed by atoms with E-state index in [1.54, 1.807) is 0 Å². The van der Waals surface area contributed by atoms with Crippen LogP contribution in [0, 0.1) is 11.7 Å². The molecule has 1 aromatic rings. The van der Waals surface area contributed by atoms with Crippen molar-refractivity contribution in [3.05, 3.63) is 34.1 Å². The van der Waals surface area contributed by atoms with Crippen LogP contribution < -0.4 is 0 Å². The molecule has 1 nitrogen and oxygen atoms in total. The first-order valence-corrected chi connectivity index (χ1v) is 6.06. The SMILES string of the molecule is Fc1cc(Br)cc(COCCC2CC2)c1. The molecule has 0 atom stereocenters. The summed E-state index contributed by atoms with van der Waals surface area (Å²) in [4.78, 5) is 0. The highest BCUT2D eigenvalue weighted by molar-refractivity contribution is 9.10. The normalized spacial score (nSPS) is 15.6. The summed E-state index contributed by atoms with van der Waals surface area (Å²) < 4.78 is 19.2. The van der Waals surface area contributed by atoms with E-state index in [9.17, 15) is 4.39 Å². The Morgan fingerprint density at radius 2 is 2.13 bits per heavy atom. The third-order valence-corrected chi connectivity index (χ3v) is 3.02. The van der Waals surface area contributed by atoms with Gasteiger partial charge in [0.25, 0.3) is 0 Å². The third kappa shape index (κ3) is 3.92. The molecule has 0 bridgehead atoms. The first-order valence-electron chi connectivity index (χ1n) is 5.27. The van der Waals surface area contributed by atoms with Gasteiger partial charge in [-0.15, -0.1) is 0 Å². The lowest BCUT2D eigenvalue weighted by molar-refractivity contribution is 0.115. The van der Waals surface area contributed by atoms with Gasteiger partial charge in [0, 0.05) is 11.1 Å². The van der Waals surface area contributed by atoms with Crippen LogP contribution in [0.2, 0.25) is 0 Å². The summed E-state index contributed by atoms with van der Waals surface area (Å²) in [5.74, 6) is 0.675. The maximum absolute atomic E-state index is 13.0. The molecule has 2 rings (SSSR count). The minimum absolute atomic E-state index is 0.217. The molecule has 0 amide bonds. The van der Waals surface area contributed by atoms with Gasteiger partial charge in [-0.25, -0.2) is 4.39 Å². The fourth-order valence-electron chi connectivity index (χ4n) is 1.54. The van der Waals surface area contributed by atoms with Crippen LogP contribution in [-0.4, -0.2) is 6.61 Å². The molecular weight excluding hydrogens is 259 g/mol. The minimum atomic E-state index is -0.217. The number of hydrogen-bond donors (Lipinski definition) is 0. The summed E-state index contributed by atoms with van der Waals surface area (Å²) in [6, 6.07) is 4.86. The molecule has 1 aliphatic carbocycles. The van der Waals surface area contributed by atoms with Crippen molar-refractivity contribution in [2.75, 3.05) is 6.61 Å². The summed E-state index contributed by atoms with van der Waals surface area (Å²) in [6.45, 7) is 1.29. The molecular formula is C12H14BrFO.